The summed E-state index contributed by atoms with van der Waals surface area (Å²) in [6, 6.07) is 10.1. The Morgan fingerprint density at radius 2 is 1.11 bits per heavy atom. The average Bonchev–Trinajstić information content (AvgIpc) is 2.64. The Morgan fingerprint density at radius 3 is 1.47 bits per heavy atom. The molecule has 0 saturated carbocycles. The molecule has 2 rings (SSSR count). The van der Waals surface area contributed by atoms with Crippen LogP contribution < -0.4 is 5.46 Å². The Balaban J connectivity index is 0.000000741. The predicted molar refractivity (Wildman–Crippen MR) is 84.9 cm³/mol. The van der Waals surface area contributed by atoms with Gasteiger partial charge in [0.25, 0.3) is 0 Å². The molecule has 19 heavy (non-hydrogen) atoms. The average molecular weight is 264 g/mol. The number of hydrogen-bond acceptors (Lipinski definition) is 2. The normalized spacial score (nSPS) is 18.8. The minimum atomic E-state index is -0.256. The molecule has 0 spiro atoms. The largest absolute Gasteiger partial charge is 0.494 e. The van der Waals surface area contributed by atoms with Crippen molar-refractivity contribution in [2.45, 2.75) is 66.6 Å². The molecular weight excluding hydrogens is 235 g/mol. The van der Waals surface area contributed by atoms with Crippen LogP contribution in [0, 0.1) is 0 Å². The lowest BCUT2D eigenvalue weighted by atomic mass is 9.79. The van der Waals surface area contributed by atoms with Crippen LogP contribution in [0.5, 0.6) is 0 Å². The van der Waals surface area contributed by atoms with Crippen molar-refractivity contribution in [3.63, 3.8) is 0 Å². The first kappa shape index (κ1) is 18.2. The molecule has 0 amide bonds. The van der Waals surface area contributed by atoms with Crippen LogP contribution in [0.2, 0.25) is 0 Å². The zero-order valence-corrected chi connectivity index (χ0v) is 13.8. The van der Waals surface area contributed by atoms with Crippen molar-refractivity contribution in [2.75, 3.05) is 0 Å². The highest BCUT2D eigenvalue weighted by molar-refractivity contribution is 6.62. The van der Waals surface area contributed by atoms with Gasteiger partial charge in [-0.1, -0.05) is 58.0 Å². The van der Waals surface area contributed by atoms with Crippen LogP contribution in [0.3, 0.4) is 0 Å². The molecule has 3 heteroatoms. The van der Waals surface area contributed by atoms with Gasteiger partial charge in [-0.05, 0) is 33.2 Å². The van der Waals surface area contributed by atoms with Crippen LogP contribution >= 0.6 is 0 Å². The summed E-state index contributed by atoms with van der Waals surface area (Å²) in [5.74, 6) is 0. The van der Waals surface area contributed by atoms with Crippen LogP contribution in [-0.2, 0) is 9.31 Å². The zero-order chi connectivity index (χ0) is 15.1. The topological polar surface area (TPSA) is 18.5 Å². The molecule has 0 aromatic heterocycles. The number of hydrogen-bond donors (Lipinski definition) is 0. The molecule has 1 fully saturated rings. The molecule has 1 aliphatic rings. The lowest BCUT2D eigenvalue weighted by molar-refractivity contribution is 0.00578. The van der Waals surface area contributed by atoms with Crippen molar-refractivity contribution < 1.29 is 9.31 Å². The predicted octanol–water partition coefficient (Wildman–Crippen LogP) is 4.04. The Labute approximate surface area is 119 Å². The van der Waals surface area contributed by atoms with Crippen molar-refractivity contribution in [3.8, 4) is 0 Å². The summed E-state index contributed by atoms with van der Waals surface area (Å²) < 4.78 is 11.9. The van der Waals surface area contributed by atoms with Gasteiger partial charge in [-0.15, -0.1) is 0 Å². The summed E-state index contributed by atoms with van der Waals surface area (Å²) in [5.41, 5.74) is 0.567. The van der Waals surface area contributed by atoms with Gasteiger partial charge in [0.2, 0.25) is 0 Å². The van der Waals surface area contributed by atoms with Gasteiger partial charge in [-0.25, -0.2) is 0 Å². The van der Waals surface area contributed by atoms with Gasteiger partial charge in [0.05, 0.1) is 11.2 Å². The highest BCUT2D eigenvalue weighted by atomic mass is 16.7. The van der Waals surface area contributed by atoms with Crippen molar-refractivity contribution >= 4 is 12.6 Å². The molecule has 1 aromatic rings. The molecule has 2 nitrogen and oxygen atoms in total. The van der Waals surface area contributed by atoms with Gasteiger partial charge in [-0.2, -0.15) is 0 Å². The molecule has 0 aliphatic carbocycles. The maximum Gasteiger partial charge on any atom is 0.494 e. The number of rotatable bonds is 1. The highest BCUT2D eigenvalue weighted by Crippen LogP contribution is 2.36. The van der Waals surface area contributed by atoms with Gasteiger partial charge >= 0.3 is 7.12 Å². The fourth-order valence-electron chi connectivity index (χ4n) is 1.59. The van der Waals surface area contributed by atoms with Crippen molar-refractivity contribution in [1.82, 2.24) is 0 Å². The van der Waals surface area contributed by atoms with Crippen LogP contribution in [-0.4, -0.2) is 18.3 Å². The summed E-state index contributed by atoms with van der Waals surface area (Å²) in [6.07, 6.45) is 0. The lowest BCUT2D eigenvalue weighted by Crippen LogP contribution is -2.41. The Morgan fingerprint density at radius 1 is 0.737 bits per heavy atom. The molecule has 0 bridgehead atoms. The molecular formula is C16H29BO2. The van der Waals surface area contributed by atoms with Gasteiger partial charge in [0, 0.05) is 0 Å². The molecule has 1 aliphatic heterocycles. The second-order valence-corrected chi connectivity index (χ2v) is 5.00. The molecule has 1 aromatic carbocycles. The van der Waals surface area contributed by atoms with E-state index >= 15 is 0 Å². The van der Waals surface area contributed by atoms with E-state index in [0.717, 1.165) is 5.46 Å². The standard InChI is InChI=1S/C12H17BO2.2C2H6/c1-11(2)12(3,4)15-13(14-11)10-8-6-5-7-9-10;2*1-2/h5-9H,1-4H3;2*1-2H3. The van der Waals surface area contributed by atoms with E-state index in [9.17, 15) is 0 Å². The molecule has 1 heterocycles. The highest BCUT2D eigenvalue weighted by Gasteiger charge is 2.51. The fourth-order valence-corrected chi connectivity index (χ4v) is 1.59. The minimum Gasteiger partial charge on any atom is -0.399 e. The van der Waals surface area contributed by atoms with E-state index < -0.39 is 0 Å². The molecule has 0 radical (unpaired) electrons. The van der Waals surface area contributed by atoms with Crippen LogP contribution in [0.25, 0.3) is 0 Å². The van der Waals surface area contributed by atoms with Crippen LogP contribution in [0.1, 0.15) is 55.4 Å². The quantitative estimate of drug-likeness (QED) is 0.713. The minimum absolute atomic E-state index is 0.240. The molecule has 0 unspecified atom stereocenters. The number of benzene rings is 1. The van der Waals surface area contributed by atoms with Crippen LogP contribution in [0.15, 0.2) is 30.3 Å². The summed E-state index contributed by atoms with van der Waals surface area (Å²) in [6.45, 7) is 16.3. The third-order valence-corrected chi connectivity index (χ3v) is 3.32. The van der Waals surface area contributed by atoms with E-state index in [-0.39, 0.29) is 18.3 Å². The maximum absolute atomic E-state index is 5.93. The summed E-state index contributed by atoms with van der Waals surface area (Å²) >= 11 is 0. The first-order chi connectivity index (χ1) is 8.92. The SMILES string of the molecule is CC.CC.CC1(C)OB(c2ccccc2)OC1(C)C. The van der Waals surface area contributed by atoms with E-state index in [2.05, 4.69) is 27.7 Å². The second-order valence-electron chi connectivity index (χ2n) is 5.00. The van der Waals surface area contributed by atoms with E-state index in [0.29, 0.717) is 0 Å². The summed E-state index contributed by atoms with van der Waals surface area (Å²) in [5, 5.41) is 0. The van der Waals surface area contributed by atoms with Gasteiger partial charge in [0.15, 0.2) is 0 Å². The summed E-state index contributed by atoms with van der Waals surface area (Å²) in [7, 11) is -0.240. The van der Waals surface area contributed by atoms with E-state index in [1.807, 2.05) is 58.0 Å². The zero-order valence-electron chi connectivity index (χ0n) is 13.8. The summed E-state index contributed by atoms with van der Waals surface area (Å²) in [4.78, 5) is 0. The Bertz CT molecular complexity index is 331. The first-order valence-electron chi connectivity index (χ1n) is 7.33. The van der Waals surface area contributed by atoms with E-state index in [4.69, 9.17) is 9.31 Å². The second kappa shape index (κ2) is 7.71. The van der Waals surface area contributed by atoms with E-state index in [1.165, 1.54) is 0 Å². The third-order valence-electron chi connectivity index (χ3n) is 3.32. The smallest absolute Gasteiger partial charge is 0.399 e. The van der Waals surface area contributed by atoms with Gasteiger partial charge in [0.1, 0.15) is 0 Å². The molecule has 0 atom stereocenters. The van der Waals surface area contributed by atoms with Crippen LogP contribution in [0.4, 0.5) is 0 Å². The van der Waals surface area contributed by atoms with Gasteiger partial charge in [-0.3, -0.25) is 0 Å². The van der Waals surface area contributed by atoms with Gasteiger partial charge < -0.3 is 9.31 Å². The van der Waals surface area contributed by atoms with Crippen molar-refractivity contribution in [3.05, 3.63) is 30.3 Å². The lowest BCUT2D eigenvalue weighted by Gasteiger charge is -2.32. The molecule has 108 valence electrons. The maximum atomic E-state index is 5.93. The Kier molecular flexibility index (Phi) is 7.39. The Hall–Kier alpha value is -0.795. The third kappa shape index (κ3) is 4.36. The molecule has 1 saturated heterocycles. The van der Waals surface area contributed by atoms with Crippen molar-refractivity contribution in [1.29, 1.82) is 0 Å². The fraction of sp³-hybridized carbons (Fsp3) is 0.625. The molecule has 0 N–H and O–H groups in total. The van der Waals surface area contributed by atoms with E-state index in [1.54, 1.807) is 0 Å². The first-order valence-corrected chi connectivity index (χ1v) is 7.33. The monoisotopic (exact) mass is 264 g/mol. The van der Waals surface area contributed by atoms with Crippen molar-refractivity contribution in [2.24, 2.45) is 0 Å².